The van der Waals surface area contributed by atoms with Crippen LogP contribution in [-0.2, 0) is 6.42 Å². The van der Waals surface area contributed by atoms with Crippen LogP contribution in [0.15, 0.2) is 36.7 Å². The fraction of sp³-hybridized carbons (Fsp3) is 0.353. The van der Waals surface area contributed by atoms with Crippen molar-refractivity contribution >= 4 is 0 Å². The van der Waals surface area contributed by atoms with Crippen molar-refractivity contribution in [3.05, 3.63) is 64.5 Å². The SMILES string of the molecule is CNC(Cc1cccnc1)c1c(C)cc(C)cc1C. The second-order valence-corrected chi connectivity index (χ2v) is 5.22. The van der Waals surface area contributed by atoms with Gasteiger partial charge in [-0.1, -0.05) is 23.8 Å². The second kappa shape index (κ2) is 5.98. The monoisotopic (exact) mass is 254 g/mol. The zero-order chi connectivity index (χ0) is 13.8. The van der Waals surface area contributed by atoms with Crippen molar-refractivity contribution in [1.29, 1.82) is 0 Å². The Morgan fingerprint density at radius 1 is 1.16 bits per heavy atom. The highest BCUT2D eigenvalue weighted by atomic mass is 14.9. The van der Waals surface area contributed by atoms with Crippen LogP contribution < -0.4 is 5.32 Å². The molecular weight excluding hydrogens is 232 g/mol. The molecule has 0 saturated heterocycles. The van der Waals surface area contributed by atoms with Gasteiger partial charge in [-0.05, 0) is 62.6 Å². The van der Waals surface area contributed by atoms with Gasteiger partial charge in [0.1, 0.15) is 0 Å². The van der Waals surface area contributed by atoms with Crippen molar-refractivity contribution in [2.75, 3.05) is 7.05 Å². The predicted octanol–water partition coefficient (Wildman–Crippen LogP) is 3.51. The second-order valence-electron chi connectivity index (χ2n) is 5.22. The summed E-state index contributed by atoms with van der Waals surface area (Å²) in [4.78, 5) is 4.20. The molecule has 1 aromatic heterocycles. The molecular formula is C17H22N2. The minimum atomic E-state index is 0.338. The van der Waals surface area contributed by atoms with E-state index in [4.69, 9.17) is 0 Å². The molecule has 0 fully saturated rings. The summed E-state index contributed by atoms with van der Waals surface area (Å²) in [5.41, 5.74) is 6.73. The summed E-state index contributed by atoms with van der Waals surface area (Å²) in [7, 11) is 2.03. The lowest BCUT2D eigenvalue weighted by atomic mass is 9.91. The smallest absolute Gasteiger partial charge is 0.0364 e. The van der Waals surface area contributed by atoms with Crippen LogP contribution in [0.1, 0.15) is 33.9 Å². The van der Waals surface area contributed by atoms with Gasteiger partial charge in [0.25, 0.3) is 0 Å². The molecule has 0 saturated carbocycles. The number of pyridine rings is 1. The van der Waals surface area contributed by atoms with E-state index in [9.17, 15) is 0 Å². The molecule has 1 heterocycles. The number of nitrogens with zero attached hydrogens (tertiary/aromatic N) is 1. The molecule has 0 aliphatic rings. The highest BCUT2D eigenvalue weighted by Crippen LogP contribution is 2.26. The largest absolute Gasteiger partial charge is 0.313 e. The summed E-state index contributed by atoms with van der Waals surface area (Å²) >= 11 is 0. The third kappa shape index (κ3) is 3.21. The summed E-state index contributed by atoms with van der Waals surface area (Å²) in [6.07, 6.45) is 4.73. The maximum Gasteiger partial charge on any atom is 0.0364 e. The molecule has 0 radical (unpaired) electrons. The number of aryl methyl sites for hydroxylation is 3. The van der Waals surface area contributed by atoms with E-state index in [1.54, 1.807) is 0 Å². The van der Waals surface area contributed by atoms with E-state index in [0.29, 0.717) is 6.04 Å². The van der Waals surface area contributed by atoms with E-state index in [-0.39, 0.29) is 0 Å². The van der Waals surface area contributed by atoms with Crippen LogP contribution in [-0.4, -0.2) is 12.0 Å². The number of aromatic nitrogens is 1. The Kier molecular flexibility index (Phi) is 4.33. The molecule has 0 amide bonds. The van der Waals surface area contributed by atoms with Crippen molar-refractivity contribution in [3.63, 3.8) is 0 Å². The fourth-order valence-corrected chi connectivity index (χ4v) is 2.84. The standard InChI is InChI=1S/C17H22N2/c1-12-8-13(2)17(14(3)9-12)16(18-4)10-15-6-5-7-19-11-15/h5-9,11,16,18H,10H2,1-4H3. The molecule has 0 spiro atoms. The molecule has 1 atom stereocenters. The minimum Gasteiger partial charge on any atom is -0.313 e. The third-order valence-corrected chi connectivity index (χ3v) is 3.60. The lowest BCUT2D eigenvalue weighted by Gasteiger charge is -2.22. The van der Waals surface area contributed by atoms with Crippen LogP contribution in [0.25, 0.3) is 0 Å². The molecule has 19 heavy (non-hydrogen) atoms. The van der Waals surface area contributed by atoms with Gasteiger partial charge in [-0.3, -0.25) is 4.98 Å². The van der Waals surface area contributed by atoms with Gasteiger partial charge in [-0.15, -0.1) is 0 Å². The Hall–Kier alpha value is -1.67. The summed E-state index contributed by atoms with van der Waals surface area (Å²) in [6.45, 7) is 6.55. The summed E-state index contributed by atoms with van der Waals surface area (Å²) in [5.74, 6) is 0. The van der Waals surface area contributed by atoms with Crippen LogP contribution in [0.4, 0.5) is 0 Å². The first-order valence-corrected chi connectivity index (χ1v) is 6.75. The maximum absolute atomic E-state index is 4.20. The molecule has 2 heteroatoms. The molecule has 0 aliphatic carbocycles. The van der Waals surface area contributed by atoms with Crippen molar-refractivity contribution in [2.45, 2.75) is 33.2 Å². The first kappa shape index (κ1) is 13.8. The fourth-order valence-electron chi connectivity index (χ4n) is 2.84. The quantitative estimate of drug-likeness (QED) is 0.903. The van der Waals surface area contributed by atoms with Crippen molar-refractivity contribution in [2.24, 2.45) is 0 Å². The molecule has 2 rings (SSSR count). The molecule has 2 aromatic rings. The van der Waals surface area contributed by atoms with Gasteiger partial charge in [0.05, 0.1) is 0 Å². The van der Waals surface area contributed by atoms with Crippen molar-refractivity contribution in [1.82, 2.24) is 10.3 Å². The van der Waals surface area contributed by atoms with E-state index in [2.05, 4.69) is 49.3 Å². The number of likely N-dealkylation sites (N-methyl/N-ethyl adjacent to an activating group) is 1. The first-order valence-electron chi connectivity index (χ1n) is 6.75. The number of hydrogen-bond acceptors (Lipinski definition) is 2. The van der Waals surface area contributed by atoms with Crippen LogP contribution in [0.2, 0.25) is 0 Å². The number of hydrogen-bond donors (Lipinski definition) is 1. The van der Waals surface area contributed by atoms with Crippen molar-refractivity contribution < 1.29 is 0 Å². The molecule has 100 valence electrons. The summed E-state index contributed by atoms with van der Waals surface area (Å²) in [5, 5.41) is 3.44. The highest BCUT2D eigenvalue weighted by molar-refractivity contribution is 5.40. The van der Waals surface area contributed by atoms with Crippen molar-refractivity contribution in [3.8, 4) is 0 Å². The average Bonchev–Trinajstić information content (AvgIpc) is 2.37. The molecule has 2 nitrogen and oxygen atoms in total. The van der Waals surface area contributed by atoms with Gasteiger partial charge >= 0.3 is 0 Å². The van der Waals surface area contributed by atoms with Gasteiger partial charge in [-0.2, -0.15) is 0 Å². The third-order valence-electron chi connectivity index (χ3n) is 3.60. The number of nitrogens with one attached hydrogen (secondary N) is 1. The van der Waals surface area contributed by atoms with Gasteiger partial charge < -0.3 is 5.32 Å². The molecule has 1 N–H and O–H groups in total. The Bertz CT molecular complexity index is 523. The zero-order valence-corrected chi connectivity index (χ0v) is 12.2. The number of rotatable bonds is 4. The predicted molar refractivity (Wildman–Crippen MR) is 80.4 cm³/mol. The normalized spacial score (nSPS) is 12.4. The van der Waals surface area contributed by atoms with E-state index in [1.807, 2.05) is 25.5 Å². The van der Waals surface area contributed by atoms with Gasteiger partial charge in [0.2, 0.25) is 0 Å². The highest BCUT2D eigenvalue weighted by Gasteiger charge is 2.15. The van der Waals surface area contributed by atoms with E-state index < -0.39 is 0 Å². The van der Waals surface area contributed by atoms with Crippen LogP contribution in [0, 0.1) is 20.8 Å². The maximum atomic E-state index is 4.20. The lowest BCUT2D eigenvalue weighted by Crippen LogP contribution is -2.21. The minimum absolute atomic E-state index is 0.338. The average molecular weight is 254 g/mol. The lowest BCUT2D eigenvalue weighted by molar-refractivity contribution is 0.584. The van der Waals surface area contributed by atoms with Crippen LogP contribution >= 0.6 is 0 Å². The van der Waals surface area contributed by atoms with Gasteiger partial charge in [-0.25, -0.2) is 0 Å². The molecule has 1 unspecified atom stereocenters. The van der Waals surface area contributed by atoms with Gasteiger partial charge in [0, 0.05) is 18.4 Å². The van der Waals surface area contributed by atoms with E-state index in [0.717, 1.165) is 6.42 Å². The summed E-state index contributed by atoms with van der Waals surface area (Å²) < 4.78 is 0. The Morgan fingerprint density at radius 3 is 2.37 bits per heavy atom. The number of benzene rings is 1. The Labute approximate surface area is 115 Å². The van der Waals surface area contributed by atoms with E-state index >= 15 is 0 Å². The van der Waals surface area contributed by atoms with Crippen LogP contribution in [0.5, 0.6) is 0 Å². The summed E-state index contributed by atoms with van der Waals surface area (Å²) in [6, 6.07) is 8.99. The van der Waals surface area contributed by atoms with Crippen LogP contribution in [0.3, 0.4) is 0 Å². The Balaban J connectivity index is 2.32. The zero-order valence-electron chi connectivity index (χ0n) is 12.2. The topological polar surface area (TPSA) is 24.9 Å². The molecule has 0 aliphatic heterocycles. The molecule has 0 bridgehead atoms. The van der Waals surface area contributed by atoms with Gasteiger partial charge in [0.15, 0.2) is 0 Å². The first-order chi connectivity index (χ1) is 9.11. The molecule has 1 aromatic carbocycles. The van der Waals surface area contributed by atoms with E-state index in [1.165, 1.54) is 27.8 Å². The Morgan fingerprint density at radius 2 is 1.84 bits per heavy atom.